The van der Waals surface area contributed by atoms with E-state index in [9.17, 15) is 0 Å². The molecule has 16 bridgehead atoms. The zero-order valence-electron chi connectivity index (χ0n) is 28.8. The monoisotopic (exact) mass is 694 g/mol. The van der Waals surface area contributed by atoms with Gasteiger partial charge in [0, 0.05) is 55.3 Å². The Morgan fingerprint density at radius 3 is 0.944 bits per heavy atom. The van der Waals surface area contributed by atoms with Crippen LogP contribution in [0.4, 0.5) is 0 Å². The van der Waals surface area contributed by atoms with Gasteiger partial charge in [-0.3, -0.25) is 0 Å². The minimum Gasteiger partial charge on any atom is -0.355 e. The fraction of sp³-hybridized carbons (Fsp3) is 0. The second kappa shape index (κ2) is 12.0. The molecule has 0 spiro atoms. The number of hydrogen-bond donors (Lipinski definition) is 4. The van der Waals surface area contributed by atoms with Crippen molar-refractivity contribution in [1.82, 2.24) is 39.9 Å². The van der Waals surface area contributed by atoms with Gasteiger partial charge in [0.2, 0.25) is 0 Å². The van der Waals surface area contributed by atoms with Crippen molar-refractivity contribution in [2.45, 2.75) is 0 Å². The highest BCUT2D eigenvalue weighted by atomic mass is 14.8. The van der Waals surface area contributed by atoms with Crippen LogP contribution >= 0.6 is 0 Å². The summed E-state index contributed by atoms with van der Waals surface area (Å²) in [6, 6.07) is 37.8. The second-order valence-electron chi connectivity index (χ2n) is 13.7. The first-order valence-electron chi connectivity index (χ1n) is 17.9. The molecule has 0 saturated heterocycles. The lowest BCUT2D eigenvalue weighted by Gasteiger charge is -2.08. The average molecular weight is 695 g/mol. The summed E-state index contributed by atoms with van der Waals surface area (Å²) in [6.07, 6.45) is 16.5. The summed E-state index contributed by atoms with van der Waals surface area (Å²) in [4.78, 5) is 34.1. The topological polar surface area (TPSA) is 115 Å². The summed E-state index contributed by atoms with van der Waals surface area (Å²) in [5, 5.41) is 0. The standard InChI is InChI=1S/C46H30N8/c1-2-28(46-43-19-15-39(53-43)25-35-11-7-31(49-35)22-32-8-12-36(50-32)26-40-16-20-44(46)54-40)4-3-27(1)45-41-17-13-37(51-41)23-33-9-5-29(47-33)21-30-6-10-34(48-30)24-38-14-18-42(45)52-38/h1-26,47,49,52,54H. The van der Waals surface area contributed by atoms with Crippen LogP contribution in [-0.4, -0.2) is 39.9 Å². The number of H-pyrrole nitrogens is 4. The van der Waals surface area contributed by atoms with Gasteiger partial charge >= 0.3 is 0 Å². The molecule has 0 atom stereocenters. The molecular weight excluding hydrogens is 665 g/mol. The first-order valence-corrected chi connectivity index (χ1v) is 17.9. The molecule has 0 fully saturated rings. The average Bonchev–Trinajstić information content (AvgIpc) is 4.01. The fourth-order valence-corrected chi connectivity index (χ4v) is 7.43. The summed E-state index contributed by atoms with van der Waals surface area (Å²) in [5.41, 5.74) is 19.1. The third-order valence-electron chi connectivity index (χ3n) is 9.90. The zero-order valence-corrected chi connectivity index (χ0v) is 28.8. The minimum absolute atomic E-state index is 0.879. The van der Waals surface area contributed by atoms with E-state index in [1.54, 1.807) is 0 Å². The molecule has 1 aromatic carbocycles. The Kier molecular flexibility index (Phi) is 6.69. The van der Waals surface area contributed by atoms with Gasteiger partial charge < -0.3 is 19.9 Å². The molecule has 0 saturated carbocycles. The van der Waals surface area contributed by atoms with E-state index in [0.717, 1.165) is 112 Å². The summed E-state index contributed by atoms with van der Waals surface area (Å²) >= 11 is 0. The predicted molar refractivity (Wildman–Crippen MR) is 222 cm³/mol. The Morgan fingerprint density at radius 2 is 0.574 bits per heavy atom. The van der Waals surface area contributed by atoms with Crippen LogP contribution < -0.4 is 0 Å². The quantitative estimate of drug-likeness (QED) is 0.144. The van der Waals surface area contributed by atoms with E-state index in [2.05, 4.69) is 153 Å². The van der Waals surface area contributed by atoms with Crippen molar-refractivity contribution in [3.05, 3.63) is 155 Å². The largest absolute Gasteiger partial charge is 0.355 e. The lowest BCUT2D eigenvalue weighted by molar-refractivity contribution is 1.31. The number of nitrogens with zero attached hydrogens (tertiary/aromatic N) is 4. The zero-order chi connectivity index (χ0) is 35.6. The Balaban J connectivity index is 1.10. The van der Waals surface area contributed by atoms with Crippen molar-refractivity contribution >= 4 is 92.7 Å². The van der Waals surface area contributed by atoms with Crippen LogP contribution in [0.1, 0.15) is 45.6 Å². The summed E-state index contributed by atoms with van der Waals surface area (Å²) in [5.74, 6) is 0. The molecule has 254 valence electrons. The first-order chi connectivity index (χ1) is 26.6. The highest BCUT2D eigenvalue weighted by Gasteiger charge is 2.15. The smallest absolute Gasteiger partial charge is 0.0736 e. The van der Waals surface area contributed by atoms with Crippen molar-refractivity contribution in [2.24, 2.45) is 0 Å². The fourth-order valence-electron chi connectivity index (χ4n) is 7.43. The number of nitrogens with one attached hydrogen (secondary N) is 4. The molecule has 6 aromatic heterocycles. The van der Waals surface area contributed by atoms with Crippen molar-refractivity contribution in [3.8, 4) is 22.3 Å². The van der Waals surface area contributed by atoms with Gasteiger partial charge in [0.15, 0.2) is 0 Å². The van der Waals surface area contributed by atoms with Gasteiger partial charge in [-0.2, -0.15) is 0 Å². The van der Waals surface area contributed by atoms with Crippen LogP contribution in [0, 0.1) is 0 Å². The number of rotatable bonds is 2. The molecule has 54 heavy (non-hydrogen) atoms. The summed E-state index contributed by atoms with van der Waals surface area (Å²) in [6.45, 7) is 0. The highest BCUT2D eigenvalue weighted by Crippen LogP contribution is 2.35. The van der Waals surface area contributed by atoms with Crippen LogP contribution in [0.5, 0.6) is 0 Å². The van der Waals surface area contributed by atoms with Gasteiger partial charge in [0.25, 0.3) is 0 Å². The van der Waals surface area contributed by atoms with Crippen LogP contribution in [0.15, 0.2) is 109 Å². The molecule has 8 heteroatoms. The Bertz CT molecular complexity index is 2950. The van der Waals surface area contributed by atoms with Gasteiger partial charge in [-0.25, -0.2) is 19.9 Å². The van der Waals surface area contributed by atoms with Crippen LogP contribution in [-0.2, 0) is 0 Å². The lowest BCUT2D eigenvalue weighted by atomic mass is 9.98. The van der Waals surface area contributed by atoms with E-state index in [1.807, 2.05) is 24.3 Å². The van der Waals surface area contributed by atoms with Gasteiger partial charge in [-0.15, -0.1) is 0 Å². The molecule has 8 nitrogen and oxygen atoms in total. The van der Waals surface area contributed by atoms with E-state index >= 15 is 0 Å². The first kappa shape index (κ1) is 30.1. The third kappa shape index (κ3) is 5.59. The summed E-state index contributed by atoms with van der Waals surface area (Å²) in [7, 11) is 0. The van der Waals surface area contributed by atoms with E-state index in [-0.39, 0.29) is 0 Å². The molecule has 0 radical (unpaired) electrons. The van der Waals surface area contributed by atoms with Gasteiger partial charge in [-0.05, 0) is 145 Å². The molecule has 0 unspecified atom stereocenters. The van der Waals surface area contributed by atoms with Crippen molar-refractivity contribution in [3.63, 3.8) is 0 Å². The number of fused-ring (bicyclic) bond motifs is 16. The molecule has 11 rings (SSSR count). The molecule has 10 heterocycles. The maximum atomic E-state index is 5.10. The Labute approximate surface area is 308 Å². The maximum absolute atomic E-state index is 5.10. The maximum Gasteiger partial charge on any atom is 0.0736 e. The van der Waals surface area contributed by atoms with Crippen molar-refractivity contribution in [2.75, 3.05) is 0 Å². The molecular formula is C46H30N8. The SMILES string of the molecule is C1=Cc2cc3ccc([nH]3)c(-c3ccc(-c4c5nc(cc6ccc(cc7nc(cc8ccc4[nH]8)C=C7)[nH]6)C=C5)cc3)c3nc(cc4ccc(cc1n2)[nH]4)C=C3. The van der Waals surface area contributed by atoms with E-state index in [1.165, 1.54) is 0 Å². The number of aromatic nitrogens is 8. The minimum atomic E-state index is 0.879. The molecule has 4 aliphatic heterocycles. The van der Waals surface area contributed by atoms with Crippen LogP contribution in [0.25, 0.3) is 115 Å². The normalized spacial score (nSPS) is 12.9. The Morgan fingerprint density at radius 1 is 0.278 bits per heavy atom. The van der Waals surface area contributed by atoms with Gasteiger partial charge in [-0.1, -0.05) is 24.3 Å². The van der Waals surface area contributed by atoms with E-state index < -0.39 is 0 Å². The molecule has 0 aliphatic carbocycles. The highest BCUT2D eigenvalue weighted by molar-refractivity contribution is 5.94. The van der Waals surface area contributed by atoms with Crippen LogP contribution in [0.3, 0.4) is 0 Å². The van der Waals surface area contributed by atoms with Gasteiger partial charge in [0.05, 0.1) is 45.6 Å². The van der Waals surface area contributed by atoms with Gasteiger partial charge in [0.1, 0.15) is 0 Å². The Hall–Kier alpha value is -7.58. The van der Waals surface area contributed by atoms with E-state index in [0.29, 0.717) is 0 Å². The summed E-state index contributed by atoms with van der Waals surface area (Å²) < 4.78 is 0. The van der Waals surface area contributed by atoms with E-state index in [4.69, 9.17) is 19.9 Å². The second-order valence-corrected chi connectivity index (χ2v) is 13.7. The number of benzene rings is 1. The lowest BCUT2D eigenvalue weighted by Crippen LogP contribution is -1.88. The molecule has 4 aliphatic rings. The number of aromatic amines is 4. The van der Waals surface area contributed by atoms with Crippen molar-refractivity contribution < 1.29 is 0 Å². The molecule has 4 N–H and O–H groups in total. The van der Waals surface area contributed by atoms with Crippen molar-refractivity contribution in [1.29, 1.82) is 0 Å². The molecule has 7 aromatic rings. The number of hydrogen-bond acceptors (Lipinski definition) is 4. The molecule has 0 amide bonds. The predicted octanol–water partition coefficient (Wildman–Crippen LogP) is 11.0. The van der Waals surface area contributed by atoms with Crippen LogP contribution in [0.2, 0.25) is 0 Å². The third-order valence-corrected chi connectivity index (χ3v) is 9.90.